The molecule has 0 saturated heterocycles. The molecule has 3 aromatic rings. The summed E-state index contributed by atoms with van der Waals surface area (Å²) in [6, 6.07) is 13.8. The number of rotatable bonds is 6. The molecule has 0 radical (unpaired) electrons. The third kappa shape index (κ3) is 3.79. The molecule has 3 heterocycles. The van der Waals surface area contributed by atoms with Gasteiger partial charge in [-0.1, -0.05) is 41.5 Å². The third-order valence-corrected chi connectivity index (χ3v) is 9.78. The second-order valence-electron chi connectivity index (χ2n) is 7.97. The Labute approximate surface area is 164 Å². The molecule has 25 heavy (non-hydrogen) atoms. The third-order valence-electron chi connectivity index (χ3n) is 5.41. The standard InChI is InChI=1S/C22H28S3/c1-7-21(3,4)19-13-11-17(24-19)15-9-10-16(23-15)18-12-14-20(25-18)22(5,6)8-2/h9-14H,7-8H2,1-6H3. The summed E-state index contributed by atoms with van der Waals surface area (Å²) in [5, 5.41) is 0. The first kappa shape index (κ1) is 18.9. The summed E-state index contributed by atoms with van der Waals surface area (Å²) in [6.07, 6.45) is 2.35. The molecule has 0 aliphatic rings. The molecule has 0 amide bonds. The van der Waals surface area contributed by atoms with Gasteiger partial charge in [-0.3, -0.25) is 0 Å². The van der Waals surface area contributed by atoms with E-state index >= 15 is 0 Å². The highest BCUT2D eigenvalue weighted by Crippen LogP contribution is 2.44. The molecular formula is C22H28S3. The first-order chi connectivity index (χ1) is 11.8. The number of thiophene rings is 3. The fourth-order valence-electron chi connectivity index (χ4n) is 2.62. The predicted molar refractivity (Wildman–Crippen MR) is 118 cm³/mol. The Morgan fingerprint density at radius 3 is 1.24 bits per heavy atom. The summed E-state index contributed by atoms with van der Waals surface area (Å²) in [5.74, 6) is 0. The van der Waals surface area contributed by atoms with Gasteiger partial charge in [0.05, 0.1) is 0 Å². The number of hydrogen-bond acceptors (Lipinski definition) is 3. The van der Waals surface area contributed by atoms with Crippen LogP contribution >= 0.6 is 34.0 Å². The van der Waals surface area contributed by atoms with Crippen molar-refractivity contribution >= 4 is 34.0 Å². The van der Waals surface area contributed by atoms with Crippen LogP contribution in [0.3, 0.4) is 0 Å². The highest BCUT2D eigenvalue weighted by molar-refractivity contribution is 7.26. The first-order valence-corrected chi connectivity index (χ1v) is 11.5. The molecule has 3 rings (SSSR count). The molecule has 3 aromatic heterocycles. The van der Waals surface area contributed by atoms with Crippen molar-refractivity contribution in [2.45, 2.75) is 65.2 Å². The molecule has 0 aliphatic carbocycles. The number of hydrogen-bond donors (Lipinski definition) is 0. The normalized spacial score (nSPS) is 12.7. The summed E-state index contributed by atoms with van der Waals surface area (Å²) in [5.41, 5.74) is 0.550. The Kier molecular flexibility index (Phi) is 5.30. The molecule has 0 nitrogen and oxygen atoms in total. The van der Waals surface area contributed by atoms with Crippen LogP contribution in [0.4, 0.5) is 0 Å². The summed E-state index contributed by atoms with van der Waals surface area (Å²) in [7, 11) is 0. The lowest BCUT2D eigenvalue weighted by Crippen LogP contribution is -2.12. The van der Waals surface area contributed by atoms with Crippen molar-refractivity contribution in [3.05, 3.63) is 46.2 Å². The van der Waals surface area contributed by atoms with Crippen molar-refractivity contribution in [2.24, 2.45) is 0 Å². The van der Waals surface area contributed by atoms with E-state index in [1.807, 2.05) is 34.0 Å². The van der Waals surface area contributed by atoms with Crippen LogP contribution in [0.15, 0.2) is 36.4 Å². The molecule has 0 N–H and O–H groups in total. The van der Waals surface area contributed by atoms with E-state index in [-0.39, 0.29) is 10.8 Å². The van der Waals surface area contributed by atoms with Crippen molar-refractivity contribution < 1.29 is 0 Å². The molecule has 0 bridgehead atoms. The van der Waals surface area contributed by atoms with Crippen LogP contribution in [-0.2, 0) is 10.8 Å². The molecular weight excluding hydrogens is 360 g/mol. The molecule has 0 aromatic carbocycles. The van der Waals surface area contributed by atoms with E-state index in [4.69, 9.17) is 0 Å². The maximum atomic E-state index is 2.34. The lowest BCUT2D eigenvalue weighted by Gasteiger charge is -2.20. The topological polar surface area (TPSA) is 0 Å². The zero-order valence-corrected chi connectivity index (χ0v) is 18.6. The van der Waals surface area contributed by atoms with Crippen LogP contribution in [0, 0.1) is 0 Å². The summed E-state index contributed by atoms with van der Waals surface area (Å²) in [6.45, 7) is 13.9. The Balaban J connectivity index is 1.86. The van der Waals surface area contributed by atoms with Crippen molar-refractivity contribution in [2.75, 3.05) is 0 Å². The maximum Gasteiger partial charge on any atom is 0.0449 e. The second kappa shape index (κ2) is 7.02. The minimum atomic E-state index is 0.275. The largest absolute Gasteiger partial charge is 0.139 e. The van der Waals surface area contributed by atoms with Gasteiger partial charge in [0.15, 0.2) is 0 Å². The quantitative estimate of drug-likeness (QED) is 0.396. The Morgan fingerprint density at radius 2 is 0.880 bits per heavy atom. The van der Waals surface area contributed by atoms with Crippen LogP contribution in [0.1, 0.15) is 64.1 Å². The minimum absolute atomic E-state index is 0.275. The van der Waals surface area contributed by atoms with E-state index in [1.54, 1.807) is 0 Å². The molecule has 3 heteroatoms. The molecule has 0 saturated carbocycles. The zero-order valence-electron chi connectivity index (χ0n) is 16.1. The van der Waals surface area contributed by atoms with Gasteiger partial charge < -0.3 is 0 Å². The monoisotopic (exact) mass is 388 g/mol. The van der Waals surface area contributed by atoms with Crippen molar-refractivity contribution in [3.63, 3.8) is 0 Å². The van der Waals surface area contributed by atoms with Gasteiger partial charge in [0.2, 0.25) is 0 Å². The van der Waals surface area contributed by atoms with E-state index in [9.17, 15) is 0 Å². The van der Waals surface area contributed by atoms with Gasteiger partial charge in [-0.2, -0.15) is 0 Å². The van der Waals surface area contributed by atoms with Crippen LogP contribution in [0.25, 0.3) is 19.5 Å². The molecule has 0 spiro atoms. The molecule has 0 unspecified atom stereocenters. The lowest BCUT2D eigenvalue weighted by atomic mass is 9.89. The molecule has 0 aliphatic heterocycles. The SMILES string of the molecule is CCC(C)(C)c1ccc(-c2ccc(-c3ccc(C(C)(C)CC)s3)s2)s1. The van der Waals surface area contributed by atoms with E-state index in [0.29, 0.717) is 0 Å². The van der Waals surface area contributed by atoms with Gasteiger partial charge >= 0.3 is 0 Å². The van der Waals surface area contributed by atoms with Gasteiger partial charge in [0.25, 0.3) is 0 Å². The summed E-state index contributed by atoms with van der Waals surface area (Å²) >= 11 is 5.83. The zero-order chi connectivity index (χ0) is 18.2. The Hall–Kier alpha value is -0.900. The second-order valence-corrected chi connectivity index (χ2v) is 11.2. The van der Waals surface area contributed by atoms with E-state index in [2.05, 4.69) is 77.9 Å². The van der Waals surface area contributed by atoms with Gasteiger partial charge in [-0.15, -0.1) is 34.0 Å². The summed E-state index contributed by atoms with van der Waals surface area (Å²) in [4.78, 5) is 8.56. The fraction of sp³-hybridized carbons (Fsp3) is 0.455. The average Bonchev–Trinajstić information content (AvgIpc) is 3.32. The van der Waals surface area contributed by atoms with Gasteiger partial charge in [-0.25, -0.2) is 0 Å². The smallest absolute Gasteiger partial charge is 0.0449 e. The van der Waals surface area contributed by atoms with Crippen LogP contribution < -0.4 is 0 Å². The van der Waals surface area contributed by atoms with Gasteiger partial charge in [0, 0.05) is 29.3 Å². The molecule has 0 atom stereocenters. The minimum Gasteiger partial charge on any atom is -0.139 e. The predicted octanol–water partition coefficient (Wildman–Crippen LogP) is 8.58. The van der Waals surface area contributed by atoms with Crippen molar-refractivity contribution in [1.82, 2.24) is 0 Å². The van der Waals surface area contributed by atoms with Crippen LogP contribution in [-0.4, -0.2) is 0 Å². The fourth-order valence-corrected chi connectivity index (χ4v) is 6.16. The lowest BCUT2D eigenvalue weighted by molar-refractivity contribution is 0.517. The Bertz CT molecular complexity index is 773. The Morgan fingerprint density at radius 1 is 0.560 bits per heavy atom. The van der Waals surface area contributed by atoms with E-state index < -0.39 is 0 Å². The highest BCUT2D eigenvalue weighted by Gasteiger charge is 2.22. The first-order valence-electron chi connectivity index (χ1n) is 9.08. The van der Waals surface area contributed by atoms with E-state index in [0.717, 1.165) is 0 Å². The van der Waals surface area contributed by atoms with Crippen LogP contribution in [0.2, 0.25) is 0 Å². The van der Waals surface area contributed by atoms with Crippen molar-refractivity contribution in [3.8, 4) is 19.5 Å². The van der Waals surface area contributed by atoms with Gasteiger partial charge in [-0.05, 0) is 60.1 Å². The maximum absolute atomic E-state index is 2.34. The van der Waals surface area contributed by atoms with Crippen molar-refractivity contribution in [1.29, 1.82) is 0 Å². The molecule has 134 valence electrons. The van der Waals surface area contributed by atoms with Gasteiger partial charge in [0.1, 0.15) is 0 Å². The molecule has 0 fully saturated rings. The van der Waals surface area contributed by atoms with Crippen LogP contribution in [0.5, 0.6) is 0 Å². The summed E-state index contributed by atoms with van der Waals surface area (Å²) < 4.78 is 0. The van der Waals surface area contributed by atoms with E-state index in [1.165, 1.54) is 42.1 Å². The average molecular weight is 389 g/mol. The highest BCUT2D eigenvalue weighted by atomic mass is 32.1.